The highest BCUT2D eigenvalue weighted by Gasteiger charge is 2.28. The van der Waals surface area contributed by atoms with Crippen LogP contribution >= 0.6 is 0 Å². The smallest absolute Gasteiger partial charge is 0.142 e. The molecule has 0 amide bonds. The van der Waals surface area contributed by atoms with Gasteiger partial charge in [0.15, 0.2) is 0 Å². The van der Waals surface area contributed by atoms with Crippen LogP contribution in [-0.4, -0.2) is 0 Å². The van der Waals surface area contributed by atoms with Crippen molar-refractivity contribution in [3.63, 3.8) is 0 Å². The van der Waals surface area contributed by atoms with E-state index in [0.717, 1.165) is 17.9 Å². The quantitative estimate of drug-likeness (QED) is 0.307. The molecule has 6 rings (SSSR count). The van der Waals surface area contributed by atoms with Crippen LogP contribution in [0.2, 0.25) is 0 Å². The average molecular weight is 346 g/mol. The molecule has 1 aliphatic rings. The lowest BCUT2D eigenvalue weighted by Crippen LogP contribution is -2.05. The summed E-state index contributed by atoms with van der Waals surface area (Å²) in [4.78, 5) is 0. The topological polar surface area (TPSA) is 9.23 Å². The summed E-state index contributed by atoms with van der Waals surface area (Å²) >= 11 is 0. The van der Waals surface area contributed by atoms with Crippen molar-refractivity contribution in [3.05, 3.63) is 89.5 Å². The zero-order valence-corrected chi connectivity index (χ0v) is 15.1. The molecule has 128 valence electrons. The van der Waals surface area contributed by atoms with E-state index in [1.165, 1.54) is 49.0 Å². The maximum atomic E-state index is 6.16. The molecule has 0 atom stereocenters. The van der Waals surface area contributed by atoms with E-state index in [1.54, 1.807) is 0 Å². The fourth-order valence-corrected chi connectivity index (χ4v) is 4.53. The first-order chi connectivity index (χ1) is 13.3. The predicted octanol–water partition coefficient (Wildman–Crippen LogP) is 7.25. The van der Waals surface area contributed by atoms with E-state index in [-0.39, 0.29) is 0 Å². The van der Waals surface area contributed by atoms with Gasteiger partial charge in [0.2, 0.25) is 0 Å². The summed E-state index contributed by atoms with van der Waals surface area (Å²) < 4.78 is 6.16. The van der Waals surface area contributed by atoms with Crippen LogP contribution in [0.15, 0.2) is 72.8 Å². The molecule has 0 aromatic heterocycles. The molecule has 0 aliphatic carbocycles. The summed E-state index contributed by atoms with van der Waals surface area (Å²) in [6.07, 6.45) is 5.31. The zero-order valence-electron chi connectivity index (χ0n) is 15.1. The van der Waals surface area contributed by atoms with Crippen LogP contribution < -0.4 is 4.74 Å². The number of allylic oxidation sites excluding steroid dienone is 1. The van der Waals surface area contributed by atoms with E-state index in [0.29, 0.717) is 0 Å². The van der Waals surface area contributed by atoms with E-state index < -0.39 is 0 Å². The van der Waals surface area contributed by atoms with E-state index in [2.05, 4.69) is 79.7 Å². The Morgan fingerprint density at radius 1 is 0.815 bits per heavy atom. The van der Waals surface area contributed by atoms with Crippen LogP contribution in [0, 0.1) is 6.92 Å². The molecule has 1 heteroatoms. The Kier molecular flexibility index (Phi) is 2.93. The Balaban J connectivity index is 1.56. The number of benzene rings is 5. The van der Waals surface area contributed by atoms with Crippen molar-refractivity contribution < 1.29 is 4.74 Å². The van der Waals surface area contributed by atoms with E-state index in [9.17, 15) is 0 Å². The number of aryl methyl sites for hydroxylation is 1. The minimum atomic E-state index is 0.881. The van der Waals surface area contributed by atoms with Crippen molar-refractivity contribution >= 4 is 38.4 Å². The minimum absolute atomic E-state index is 0.881. The Hall–Kier alpha value is -3.32. The Morgan fingerprint density at radius 3 is 2.56 bits per heavy atom. The first kappa shape index (κ1) is 14.8. The van der Waals surface area contributed by atoms with Crippen LogP contribution in [0.3, 0.4) is 0 Å². The van der Waals surface area contributed by atoms with Crippen LogP contribution in [0.1, 0.15) is 16.7 Å². The first-order valence-electron chi connectivity index (χ1n) is 9.43. The molecule has 0 spiro atoms. The maximum Gasteiger partial charge on any atom is 0.142 e. The SMILES string of the molecule is Cc1c(C/C=C/c2ccccc2)c2c3c(cc4cccc5ccc1c3c54)O2. The molecule has 1 nitrogen and oxygen atoms in total. The van der Waals surface area contributed by atoms with Gasteiger partial charge in [0.25, 0.3) is 0 Å². The monoisotopic (exact) mass is 346 g/mol. The van der Waals surface area contributed by atoms with E-state index in [1.807, 2.05) is 6.07 Å². The first-order valence-corrected chi connectivity index (χ1v) is 9.43. The molecular weight excluding hydrogens is 328 g/mol. The maximum absolute atomic E-state index is 6.16. The lowest BCUT2D eigenvalue weighted by molar-refractivity contribution is 0.457. The van der Waals surface area contributed by atoms with Gasteiger partial charge in [-0.05, 0) is 52.1 Å². The molecule has 0 saturated heterocycles. The van der Waals surface area contributed by atoms with Gasteiger partial charge < -0.3 is 4.74 Å². The lowest BCUT2D eigenvalue weighted by Gasteiger charge is -2.28. The minimum Gasteiger partial charge on any atom is -0.455 e. The van der Waals surface area contributed by atoms with Gasteiger partial charge in [-0.3, -0.25) is 0 Å². The number of hydrogen-bond acceptors (Lipinski definition) is 1. The molecule has 0 fully saturated rings. The molecule has 1 aliphatic heterocycles. The Morgan fingerprint density at radius 2 is 1.67 bits per heavy atom. The van der Waals surface area contributed by atoms with E-state index in [4.69, 9.17) is 4.74 Å². The summed E-state index contributed by atoms with van der Waals surface area (Å²) in [5.74, 6) is 2.10. The van der Waals surface area contributed by atoms with Gasteiger partial charge in [0.05, 0.1) is 5.39 Å². The molecular formula is C26H18O. The highest BCUT2D eigenvalue weighted by molar-refractivity contribution is 6.28. The van der Waals surface area contributed by atoms with E-state index >= 15 is 0 Å². The average Bonchev–Trinajstić information content (AvgIpc) is 2.68. The highest BCUT2D eigenvalue weighted by Crippen LogP contribution is 2.54. The molecule has 27 heavy (non-hydrogen) atoms. The molecule has 5 aromatic rings. The molecule has 0 bridgehead atoms. The Labute approximate surface area is 157 Å². The summed E-state index contributed by atoms with van der Waals surface area (Å²) in [6, 6.07) is 23.7. The van der Waals surface area contributed by atoms with Gasteiger partial charge in [0, 0.05) is 10.9 Å². The molecule has 0 unspecified atom stereocenters. The number of hydrogen-bond donors (Lipinski definition) is 0. The summed E-state index contributed by atoms with van der Waals surface area (Å²) in [5, 5.41) is 7.97. The van der Waals surface area contributed by atoms with Crippen molar-refractivity contribution in [3.8, 4) is 11.5 Å². The molecule has 0 N–H and O–H groups in total. The third kappa shape index (κ3) is 2.00. The van der Waals surface area contributed by atoms with Crippen LogP contribution in [0.25, 0.3) is 38.4 Å². The fourth-order valence-electron chi connectivity index (χ4n) is 4.53. The van der Waals surface area contributed by atoms with Crippen molar-refractivity contribution in [2.75, 3.05) is 0 Å². The molecule has 5 aromatic carbocycles. The van der Waals surface area contributed by atoms with Crippen LogP contribution in [0.4, 0.5) is 0 Å². The molecule has 0 saturated carbocycles. The van der Waals surface area contributed by atoms with Gasteiger partial charge in [-0.15, -0.1) is 0 Å². The normalized spacial score (nSPS) is 12.9. The standard InChI is InChI=1S/C26H18O/c1-16-20-14-13-18-10-6-11-19-15-22-25(24(20)23(18)19)26(27-22)21(16)12-5-9-17-7-3-2-4-8-17/h2-11,13-15H,12H2,1H3/b9-5+. The summed E-state index contributed by atoms with van der Waals surface area (Å²) in [5.41, 5.74) is 3.87. The predicted molar refractivity (Wildman–Crippen MR) is 114 cm³/mol. The fraction of sp³-hybridized carbons (Fsp3) is 0.0769. The summed E-state index contributed by atoms with van der Waals surface area (Å²) in [6.45, 7) is 2.23. The number of ether oxygens (including phenoxy) is 1. The molecule has 0 radical (unpaired) electrons. The largest absolute Gasteiger partial charge is 0.455 e. The zero-order chi connectivity index (χ0) is 18.0. The van der Waals surface area contributed by atoms with Gasteiger partial charge in [-0.2, -0.15) is 0 Å². The Bertz CT molecular complexity index is 1340. The highest BCUT2D eigenvalue weighted by atomic mass is 16.5. The van der Waals surface area contributed by atoms with Gasteiger partial charge >= 0.3 is 0 Å². The van der Waals surface area contributed by atoms with Gasteiger partial charge in [-0.25, -0.2) is 0 Å². The second-order valence-electron chi connectivity index (χ2n) is 7.37. The number of rotatable bonds is 3. The second kappa shape index (κ2) is 5.34. The lowest BCUT2D eigenvalue weighted by atomic mass is 9.86. The van der Waals surface area contributed by atoms with Gasteiger partial charge in [0.1, 0.15) is 11.5 Å². The molecule has 1 heterocycles. The van der Waals surface area contributed by atoms with Crippen molar-refractivity contribution in [1.29, 1.82) is 0 Å². The van der Waals surface area contributed by atoms with Crippen LogP contribution in [0.5, 0.6) is 11.5 Å². The van der Waals surface area contributed by atoms with Crippen LogP contribution in [-0.2, 0) is 6.42 Å². The van der Waals surface area contributed by atoms with Crippen molar-refractivity contribution in [2.24, 2.45) is 0 Å². The van der Waals surface area contributed by atoms with Crippen molar-refractivity contribution in [2.45, 2.75) is 13.3 Å². The second-order valence-corrected chi connectivity index (χ2v) is 7.37. The summed E-state index contributed by atoms with van der Waals surface area (Å²) in [7, 11) is 0. The van der Waals surface area contributed by atoms with Gasteiger partial charge in [-0.1, -0.05) is 72.8 Å². The third-order valence-corrected chi connectivity index (χ3v) is 5.86. The van der Waals surface area contributed by atoms with Crippen molar-refractivity contribution in [1.82, 2.24) is 0 Å². The third-order valence-electron chi connectivity index (χ3n) is 5.86.